The molecule has 2 unspecified atom stereocenters. The molecule has 0 aromatic heterocycles. The second-order valence-corrected chi connectivity index (χ2v) is 9.24. The van der Waals surface area contributed by atoms with Gasteiger partial charge in [0.05, 0.1) is 11.0 Å². The number of alkyl halides is 6. The van der Waals surface area contributed by atoms with Crippen molar-refractivity contribution in [2.45, 2.75) is 42.3 Å². The molecule has 0 aliphatic carbocycles. The van der Waals surface area contributed by atoms with E-state index in [0.717, 1.165) is 31.3 Å². The van der Waals surface area contributed by atoms with Gasteiger partial charge in [-0.25, -0.2) is 8.78 Å². The van der Waals surface area contributed by atoms with Crippen LogP contribution in [0.4, 0.5) is 35.1 Å². The number of carbonyl (C=O) groups excluding carboxylic acids is 1. The molecule has 4 N–H and O–H groups in total. The van der Waals surface area contributed by atoms with Crippen molar-refractivity contribution >= 4 is 5.91 Å². The van der Waals surface area contributed by atoms with Crippen molar-refractivity contribution in [1.82, 2.24) is 5.32 Å². The Bertz CT molecular complexity index is 1320. The summed E-state index contributed by atoms with van der Waals surface area (Å²) in [5.74, 6) is -4.16. The van der Waals surface area contributed by atoms with E-state index < -0.39 is 64.0 Å². The highest BCUT2D eigenvalue weighted by Gasteiger charge is 2.74. The molecule has 1 amide bonds. The van der Waals surface area contributed by atoms with Gasteiger partial charge in [-0.3, -0.25) is 4.79 Å². The molecule has 3 atom stereocenters. The average molecular weight is 560 g/mol. The summed E-state index contributed by atoms with van der Waals surface area (Å²) in [6.07, 6.45) is -11.5. The van der Waals surface area contributed by atoms with Crippen LogP contribution < -0.4 is 11.1 Å². The molecule has 39 heavy (non-hydrogen) atoms. The molecule has 0 saturated carbocycles. The molecule has 0 fully saturated rings. The number of likely N-dealkylation sites (N-methyl/N-ethyl adjacent to an activating group) is 1. The molecule has 3 rings (SSSR count). The predicted molar refractivity (Wildman–Crippen MR) is 126 cm³/mol. The summed E-state index contributed by atoms with van der Waals surface area (Å²) in [5.41, 5.74) is -7.07. The number of carbonyl (C=O) groups is 1. The van der Waals surface area contributed by atoms with Crippen LogP contribution in [0.5, 0.6) is 0 Å². The minimum Gasteiger partial charge on any atom is -0.379 e. The van der Waals surface area contributed by atoms with E-state index in [1.165, 1.54) is 24.3 Å². The van der Waals surface area contributed by atoms with E-state index in [0.29, 0.717) is 12.1 Å². The van der Waals surface area contributed by atoms with Crippen LogP contribution >= 0.6 is 0 Å². The molecular formula is C27H24F8N2O2. The van der Waals surface area contributed by atoms with Crippen LogP contribution in [0.15, 0.2) is 72.8 Å². The number of hydrogen-bond donors (Lipinski definition) is 3. The molecule has 12 heteroatoms. The van der Waals surface area contributed by atoms with Gasteiger partial charge in [0.15, 0.2) is 5.60 Å². The summed E-state index contributed by atoms with van der Waals surface area (Å²) in [6, 6.07) is 11.9. The van der Waals surface area contributed by atoms with Crippen LogP contribution in [-0.2, 0) is 22.8 Å². The molecule has 0 saturated heterocycles. The summed E-state index contributed by atoms with van der Waals surface area (Å²) in [6.45, 7) is 0.238. The number of benzene rings is 3. The fourth-order valence-corrected chi connectivity index (χ4v) is 5.23. The van der Waals surface area contributed by atoms with E-state index in [1.54, 1.807) is 6.07 Å². The normalized spacial score (nSPS) is 17.1. The Morgan fingerprint density at radius 1 is 0.821 bits per heavy atom. The largest absolute Gasteiger partial charge is 0.419 e. The highest BCUT2D eigenvalue weighted by atomic mass is 19.4. The zero-order valence-electron chi connectivity index (χ0n) is 20.6. The van der Waals surface area contributed by atoms with Gasteiger partial charge < -0.3 is 16.2 Å². The first kappa shape index (κ1) is 30.0. The fourth-order valence-electron chi connectivity index (χ4n) is 5.23. The Balaban J connectivity index is 2.69. The Morgan fingerprint density at radius 2 is 1.36 bits per heavy atom. The minimum atomic E-state index is -5.60. The van der Waals surface area contributed by atoms with E-state index in [2.05, 4.69) is 5.32 Å². The SMILES string of the molecule is CNC(C(N)=O)(C(C)(O)C(F)(F)F)[C@](Cc1ccccc1)(c1ccc(F)cc1)c1cc(F)cc(C(F)(F)F)c1. The van der Waals surface area contributed by atoms with Gasteiger partial charge in [0, 0.05) is 0 Å². The van der Waals surface area contributed by atoms with Crippen LogP contribution in [-0.4, -0.2) is 35.4 Å². The molecule has 0 heterocycles. The van der Waals surface area contributed by atoms with Gasteiger partial charge in [-0.1, -0.05) is 42.5 Å². The maximum atomic E-state index is 14.8. The Kier molecular flexibility index (Phi) is 7.88. The lowest BCUT2D eigenvalue weighted by Crippen LogP contribution is -2.81. The molecule has 4 nitrogen and oxygen atoms in total. The predicted octanol–water partition coefficient (Wildman–Crippen LogP) is 5.27. The lowest BCUT2D eigenvalue weighted by molar-refractivity contribution is -0.283. The number of nitrogens with two attached hydrogens (primary N) is 1. The topological polar surface area (TPSA) is 75.3 Å². The summed E-state index contributed by atoms with van der Waals surface area (Å²) in [5, 5.41) is 13.3. The standard InChI is InChI=1S/C27H24F8N2O2/c1-23(39,27(33,34)35)25(37-2,22(36)38)24(15-16-6-4-3-5-7-16,17-8-10-20(28)11-9-17)18-12-19(26(30,31)32)14-21(29)13-18/h3-14,37,39H,15H2,1-2H3,(H2,36,38)/t23?,24-,25?/m1/s1. The quantitative estimate of drug-likeness (QED) is 0.329. The third-order valence-corrected chi connectivity index (χ3v) is 7.03. The van der Waals surface area contributed by atoms with Gasteiger partial charge in [0.25, 0.3) is 0 Å². The molecule has 0 aliphatic rings. The van der Waals surface area contributed by atoms with Crippen molar-refractivity contribution in [3.05, 3.63) is 107 Å². The zero-order chi connectivity index (χ0) is 29.4. The third-order valence-electron chi connectivity index (χ3n) is 7.03. The van der Waals surface area contributed by atoms with Crippen LogP contribution in [0.1, 0.15) is 29.2 Å². The van der Waals surface area contributed by atoms with Crippen molar-refractivity contribution in [3.8, 4) is 0 Å². The van der Waals surface area contributed by atoms with Gasteiger partial charge in [-0.15, -0.1) is 0 Å². The summed E-state index contributed by atoms with van der Waals surface area (Å²) in [4.78, 5) is 13.3. The van der Waals surface area contributed by atoms with Gasteiger partial charge in [0.1, 0.15) is 17.2 Å². The monoisotopic (exact) mass is 560 g/mol. The van der Waals surface area contributed by atoms with Gasteiger partial charge in [-0.2, -0.15) is 26.3 Å². The van der Waals surface area contributed by atoms with Crippen LogP contribution in [0.3, 0.4) is 0 Å². The van der Waals surface area contributed by atoms with Crippen molar-refractivity contribution in [1.29, 1.82) is 0 Å². The van der Waals surface area contributed by atoms with E-state index in [1.807, 2.05) is 0 Å². The maximum absolute atomic E-state index is 14.8. The van der Waals surface area contributed by atoms with Crippen molar-refractivity contribution in [2.24, 2.45) is 5.73 Å². The second-order valence-electron chi connectivity index (χ2n) is 9.24. The molecule has 210 valence electrons. The molecule has 3 aromatic carbocycles. The number of amides is 1. The highest BCUT2D eigenvalue weighted by Crippen LogP contribution is 2.54. The highest BCUT2D eigenvalue weighted by molar-refractivity contribution is 5.90. The first-order valence-electron chi connectivity index (χ1n) is 11.4. The number of hydrogen-bond acceptors (Lipinski definition) is 3. The van der Waals surface area contributed by atoms with Gasteiger partial charge in [-0.05, 0) is 67.4 Å². The van der Waals surface area contributed by atoms with Gasteiger partial charge >= 0.3 is 12.4 Å². The van der Waals surface area contributed by atoms with Crippen molar-refractivity contribution < 1.29 is 45.0 Å². The minimum absolute atomic E-state index is 0.134. The van der Waals surface area contributed by atoms with Gasteiger partial charge in [0.2, 0.25) is 5.91 Å². The van der Waals surface area contributed by atoms with E-state index in [-0.39, 0.29) is 24.1 Å². The van der Waals surface area contributed by atoms with Crippen LogP contribution in [0, 0.1) is 11.6 Å². The Hall–Kier alpha value is -3.51. The number of nitrogens with one attached hydrogen (secondary N) is 1. The molecule has 3 aromatic rings. The van der Waals surface area contributed by atoms with E-state index in [4.69, 9.17) is 5.73 Å². The molecule has 0 aliphatic heterocycles. The Labute approximate surface area is 218 Å². The lowest BCUT2D eigenvalue weighted by Gasteiger charge is -2.56. The van der Waals surface area contributed by atoms with Crippen molar-refractivity contribution in [2.75, 3.05) is 7.05 Å². The molecule has 0 bridgehead atoms. The first-order chi connectivity index (χ1) is 17.9. The lowest BCUT2D eigenvalue weighted by atomic mass is 9.52. The number of primary amides is 1. The third kappa shape index (κ3) is 4.98. The summed E-state index contributed by atoms with van der Waals surface area (Å²) >= 11 is 0. The van der Waals surface area contributed by atoms with E-state index >= 15 is 0 Å². The number of aliphatic hydroxyl groups is 1. The van der Waals surface area contributed by atoms with Crippen molar-refractivity contribution in [3.63, 3.8) is 0 Å². The van der Waals surface area contributed by atoms with Crippen LogP contribution in [0.2, 0.25) is 0 Å². The first-order valence-corrected chi connectivity index (χ1v) is 11.4. The molecular weight excluding hydrogens is 536 g/mol. The molecule has 0 radical (unpaired) electrons. The second kappa shape index (κ2) is 10.2. The summed E-state index contributed by atoms with van der Waals surface area (Å²) < 4.78 is 114. The summed E-state index contributed by atoms with van der Waals surface area (Å²) in [7, 11) is 0.859. The van der Waals surface area contributed by atoms with Crippen LogP contribution in [0.25, 0.3) is 0 Å². The smallest absolute Gasteiger partial charge is 0.379 e. The average Bonchev–Trinajstić information content (AvgIpc) is 2.83. The Morgan fingerprint density at radius 3 is 1.82 bits per heavy atom. The zero-order valence-corrected chi connectivity index (χ0v) is 20.6. The van der Waals surface area contributed by atoms with E-state index in [9.17, 15) is 45.0 Å². The maximum Gasteiger partial charge on any atom is 0.419 e. The number of rotatable bonds is 8. The fraction of sp³-hybridized carbons (Fsp3) is 0.296. The number of halogens is 8. The molecule has 0 spiro atoms.